The van der Waals surface area contributed by atoms with E-state index in [0.717, 1.165) is 19.4 Å². The van der Waals surface area contributed by atoms with Crippen molar-refractivity contribution in [1.29, 1.82) is 0 Å². The second-order valence-corrected chi connectivity index (χ2v) is 9.08. The van der Waals surface area contributed by atoms with Crippen molar-refractivity contribution in [3.63, 3.8) is 0 Å². The lowest BCUT2D eigenvalue weighted by Crippen LogP contribution is -2.47. The quantitative estimate of drug-likeness (QED) is 0.698. The summed E-state index contributed by atoms with van der Waals surface area (Å²) in [6.07, 6.45) is 6.88. The second kappa shape index (κ2) is 9.05. The molecule has 4 nitrogen and oxygen atoms in total. The topological polar surface area (TPSA) is 44.4 Å². The highest BCUT2D eigenvalue weighted by Crippen LogP contribution is 2.30. The van der Waals surface area contributed by atoms with Crippen molar-refractivity contribution in [3.05, 3.63) is 57.8 Å². The first-order valence-electron chi connectivity index (χ1n) is 10.1. The van der Waals surface area contributed by atoms with E-state index in [-0.39, 0.29) is 18.5 Å². The Morgan fingerprint density at radius 1 is 1.14 bits per heavy atom. The van der Waals surface area contributed by atoms with Gasteiger partial charge < -0.3 is 15.5 Å². The summed E-state index contributed by atoms with van der Waals surface area (Å²) in [4.78, 5) is 16.1. The lowest BCUT2D eigenvalue weighted by atomic mass is 10.1. The number of thiocarbonyl (C=S) groups is 1. The minimum Gasteiger partial charge on any atom is -0.353 e. The molecule has 2 aliphatic carbocycles. The van der Waals surface area contributed by atoms with Crippen LogP contribution >= 0.6 is 23.6 Å². The standard InChI is InChI=1S/C22H27N3OS2/c26-21(24-20-12-11-16-6-1-4-10-19(16)20)14-23-22(27)25(17-7-2-3-8-17)15-18-9-5-13-28-18/h1,4-6,9-10,13,17,20H,2-3,7-8,11-12,14-15H2,(H,23,27)(H,24,26)/t20-/m0/s1. The Balaban J connectivity index is 1.32. The van der Waals surface area contributed by atoms with Crippen LogP contribution in [0.25, 0.3) is 0 Å². The van der Waals surface area contributed by atoms with Crippen molar-refractivity contribution < 1.29 is 4.79 Å². The Labute approximate surface area is 176 Å². The summed E-state index contributed by atoms with van der Waals surface area (Å²) >= 11 is 7.45. The van der Waals surface area contributed by atoms with Crippen LogP contribution in [0.3, 0.4) is 0 Å². The van der Waals surface area contributed by atoms with Crippen LogP contribution in [0.15, 0.2) is 41.8 Å². The number of hydrogen-bond acceptors (Lipinski definition) is 3. The van der Waals surface area contributed by atoms with Gasteiger partial charge in [-0.15, -0.1) is 11.3 Å². The van der Waals surface area contributed by atoms with Gasteiger partial charge in [-0.2, -0.15) is 0 Å². The van der Waals surface area contributed by atoms with Crippen molar-refractivity contribution in [2.24, 2.45) is 0 Å². The molecule has 2 N–H and O–H groups in total. The van der Waals surface area contributed by atoms with Gasteiger partial charge in [-0.3, -0.25) is 4.79 Å². The van der Waals surface area contributed by atoms with Crippen LogP contribution in [0, 0.1) is 0 Å². The zero-order valence-electron chi connectivity index (χ0n) is 16.0. The van der Waals surface area contributed by atoms with Crippen LogP contribution in [0.2, 0.25) is 0 Å². The molecular formula is C22H27N3OS2. The van der Waals surface area contributed by atoms with Gasteiger partial charge in [0, 0.05) is 10.9 Å². The lowest BCUT2D eigenvalue weighted by Gasteiger charge is -2.31. The number of nitrogens with one attached hydrogen (secondary N) is 2. The fourth-order valence-corrected chi connectivity index (χ4v) is 5.35. The normalized spacial score (nSPS) is 18.6. The monoisotopic (exact) mass is 413 g/mol. The van der Waals surface area contributed by atoms with Gasteiger partial charge in [-0.1, -0.05) is 43.2 Å². The molecule has 0 spiro atoms. The van der Waals surface area contributed by atoms with E-state index >= 15 is 0 Å². The van der Waals surface area contributed by atoms with Crippen molar-refractivity contribution in [3.8, 4) is 0 Å². The number of fused-ring (bicyclic) bond motifs is 1. The molecule has 1 heterocycles. The zero-order chi connectivity index (χ0) is 19.3. The molecule has 0 aliphatic heterocycles. The molecule has 0 unspecified atom stereocenters. The van der Waals surface area contributed by atoms with Crippen LogP contribution in [0.1, 0.15) is 54.1 Å². The average molecular weight is 414 g/mol. The maximum Gasteiger partial charge on any atom is 0.239 e. The molecule has 0 bridgehead atoms. The van der Waals surface area contributed by atoms with E-state index in [1.807, 2.05) is 6.07 Å². The largest absolute Gasteiger partial charge is 0.353 e. The number of thiophene rings is 1. The van der Waals surface area contributed by atoms with Gasteiger partial charge in [0.1, 0.15) is 0 Å². The van der Waals surface area contributed by atoms with Gasteiger partial charge in [0.05, 0.1) is 19.1 Å². The molecule has 1 amide bonds. The molecule has 0 saturated heterocycles. The van der Waals surface area contributed by atoms with Gasteiger partial charge >= 0.3 is 0 Å². The first-order valence-corrected chi connectivity index (χ1v) is 11.4. The Morgan fingerprint density at radius 3 is 2.75 bits per heavy atom. The third-order valence-corrected chi connectivity index (χ3v) is 7.04. The predicted molar refractivity (Wildman–Crippen MR) is 118 cm³/mol. The van der Waals surface area contributed by atoms with Crippen molar-refractivity contribution in [2.45, 2.75) is 57.2 Å². The molecule has 1 atom stereocenters. The molecule has 28 heavy (non-hydrogen) atoms. The molecule has 1 aromatic heterocycles. The first kappa shape index (κ1) is 19.4. The van der Waals surface area contributed by atoms with E-state index in [1.54, 1.807) is 11.3 Å². The number of amides is 1. The van der Waals surface area contributed by atoms with Gasteiger partial charge in [-0.05, 0) is 60.5 Å². The minimum absolute atomic E-state index is 0.00606. The van der Waals surface area contributed by atoms with Crippen LogP contribution in [-0.4, -0.2) is 28.5 Å². The average Bonchev–Trinajstić information content (AvgIpc) is 3.46. The van der Waals surface area contributed by atoms with E-state index in [2.05, 4.69) is 51.2 Å². The van der Waals surface area contributed by atoms with Crippen molar-refractivity contribution in [2.75, 3.05) is 6.54 Å². The summed E-state index contributed by atoms with van der Waals surface area (Å²) in [5, 5.41) is 9.19. The Hall–Kier alpha value is -1.92. The molecule has 2 aliphatic rings. The predicted octanol–water partition coefficient (Wildman–Crippen LogP) is 4.17. The zero-order valence-corrected chi connectivity index (χ0v) is 17.7. The molecule has 148 valence electrons. The van der Waals surface area contributed by atoms with Gasteiger partial charge in [0.2, 0.25) is 5.91 Å². The molecule has 2 aromatic rings. The van der Waals surface area contributed by atoms with E-state index in [9.17, 15) is 4.79 Å². The number of carbonyl (C=O) groups excluding carboxylic acids is 1. The summed E-state index contributed by atoms with van der Waals surface area (Å²) in [6.45, 7) is 1.05. The third kappa shape index (κ3) is 4.55. The van der Waals surface area contributed by atoms with Gasteiger partial charge in [-0.25, -0.2) is 0 Å². The van der Waals surface area contributed by atoms with Crippen LogP contribution in [-0.2, 0) is 17.8 Å². The highest BCUT2D eigenvalue weighted by molar-refractivity contribution is 7.80. The number of aryl methyl sites for hydroxylation is 1. The fourth-order valence-electron chi connectivity index (χ4n) is 4.36. The van der Waals surface area contributed by atoms with E-state index in [1.165, 1.54) is 41.7 Å². The Kier molecular flexibility index (Phi) is 6.27. The SMILES string of the molecule is O=C(CNC(=S)N(Cc1cccs1)C1CCCC1)N[C@H]1CCc2ccccc21. The summed E-state index contributed by atoms with van der Waals surface area (Å²) in [5.41, 5.74) is 2.60. The van der Waals surface area contributed by atoms with Gasteiger partial charge in [0.15, 0.2) is 5.11 Å². The van der Waals surface area contributed by atoms with Crippen LogP contribution in [0.4, 0.5) is 0 Å². The molecule has 1 fully saturated rings. The summed E-state index contributed by atoms with van der Waals surface area (Å²) in [5.74, 6) is 0.00606. The van der Waals surface area contributed by atoms with E-state index in [0.29, 0.717) is 11.2 Å². The molecule has 1 aromatic carbocycles. The Bertz CT molecular complexity index is 815. The van der Waals surface area contributed by atoms with Crippen LogP contribution in [0.5, 0.6) is 0 Å². The highest BCUT2D eigenvalue weighted by Gasteiger charge is 2.26. The summed E-state index contributed by atoms with van der Waals surface area (Å²) in [7, 11) is 0. The molecular weight excluding hydrogens is 386 g/mol. The molecule has 6 heteroatoms. The molecule has 1 saturated carbocycles. The highest BCUT2D eigenvalue weighted by atomic mass is 32.1. The number of carbonyl (C=O) groups is 1. The van der Waals surface area contributed by atoms with Crippen molar-refractivity contribution >= 4 is 34.6 Å². The van der Waals surface area contributed by atoms with E-state index < -0.39 is 0 Å². The lowest BCUT2D eigenvalue weighted by molar-refractivity contribution is -0.120. The van der Waals surface area contributed by atoms with E-state index in [4.69, 9.17) is 12.2 Å². The molecule has 0 radical (unpaired) electrons. The second-order valence-electron chi connectivity index (χ2n) is 7.66. The first-order chi connectivity index (χ1) is 13.7. The fraction of sp³-hybridized carbons (Fsp3) is 0.455. The number of nitrogens with zero attached hydrogens (tertiary/aromatic N) is 1. The van der Waals surface area contributed by atoms with Crippen molar-refractivity contribution in [1.82, 2.24) is 15.5 Å². The Morgan fingerprint density at radius 2 is 1.96 bits per heavy atom. The summed E-state index contributed by atoms with van der Waals surface area (Å²) < 4.78 is 0. The minimum atomic E-state index is 0.00606. The maximum absolute atomic E-state index is 12.5. The number of benzene rings is 1. The summed E-state index contributed by atoms with van der Waals surface area (Å²) in [6, 6.07) is 13.2. The smallest absolute Gasteiger partial charge is 0.239 e. The van der Waals surface area contributed by atoms with Gasteiger partial charge in [0.25, 0.3) is 0 Å². The van der Waals surface area contributed by atoms with Crippen LogP contribution < -0.4 is 10.6 Å². The maximum atomic E-state index is 12.5. The number of rotatable bonds is 6. The third-order valence-electron chi connectivity index (χ3n) is 5.80. The number of hydrogen-bond donors (Lipinski definition) is 2. The molecule has 4 rings (SSSR count).